The van der Waals surface area contributed by atoms with E-state index in [9.17, 15) is 37.9 Å². The van der Waals surface area contributed by atoms with Crippen molar-refractivity contribution in [2.24, 2.45) is 17.3 Å². The Hall–Kier alpha value is -2.63. The van der Waals surface area contributed by atoms with Gasteiger partial charge in [0.05, 0.1) is 24.3 Å². The minimum atomic E-state index is -4.61. The number of carbonyl (C=O) groups excluding carboxylic acids is 3. The van der Waals surface area contributed by atoms with Crippen LogP contribution in [-0.4, -0.2) is 90.7 Å². The lowest BCUT2D eigenvalue weighted by Gasteiger charge is -2.38. The van der Waals surface area contributed by atoms with Gasteiger partial charge in [0.2, 0.25) is 11.8 Å². The molecule has 0 aromatic rings. The number of likely N-dealkylation sites (tertiary alicyclic amines) is 1. The first kappa shape index (κ1) is 29.9. The van der Waals surface area contributed by atoms with E-state index in [1.165, 1.54) is 4.90 Å². The van der Waals surface area contributed by atoms with Gasteiger partial charge in [-0.3, -0.25) is 14.9 Å². The van der Waals surface area contributed by atoms with Crippen molar-refractivity contribution < 1.29 is 37.4 Å². The molecule has 5 N–H and O–H groups in total. The molecule has 0 saturated carbocycles. The van der Waals surface area contributed by atoms with Crippen LogP contribution in [0.1, 0.15) is 46.5 Å². The number of hydrogen-bond donors (Lipinski definition) is 5. The minimum Gasteiger partial charge on any atom is -0.376 e. The Balaban J connectivity index is 1.75. The summed E-state index contributed by atoms with van der Waals surface area (Å²) in [4.78, 5) is 39.5. The Morgan fingerprint density at radius 2 is 2.00 bits per heavy atom. The van der Waals surface area contributed by atoms with Crippen molar-refractivity contribution in [3.05, 3.63) is 0 Å². The SMILES string of the molecule is CC(C)(C)[C@H](NC(=O)NCC(F)(F)F)C(=O)N1C[C@@H]2OCC[C@@H]2[C@H]1C(O)N[C@H](C#N)C[C@@H]1CCCNC1=O. The highest BCUT2D eigenvalue weighted by Gasteiger charge is 2.52. The molecule has 0 radical (unpaired) electrons. The van der Waals surface area contributed by atoms with Gasteiger partial charge in [-0.25, -0.2) is 4.79 Å². The van der Waals surface area contributed by atoms with Crippen LogP contribution in [0, 0.1) is 28.6 Å². The number of ether oxygens (including phenoxy) is 1. The zero-order valence-corrected chi connectivity index (χ0v) is 21.8. The number of carbonyl (C=O) groups is 3. The molecule has 214 valence electrons. The number of aliphatic hydroxyl groups is 1. The maximum absolute atomic E-state index is 13.7. The van der Waals surface area contributed by atoms with Crippen molar-refractivity contribution >= 4 is 17.8 Å². The predicted octanol–water partition coefficient (Wildman–Crippen LogP) is 0.595. The van der Waals surface area contributed by atoms with Gasteiger partial charge in [-0.05, 0) is 31.1 Å². The molecule has 11 nitrogen and oxygen atoms in total. The van der Waals surface area contributed by atoms with Gasteiger partial charge in [0.15, 0.2) is 0 Å². The molecule has 4 amide bonds. The molecule has 0 aliphatic carbocycles. The number of aliphatic hydroxyl groups excluding tert-OH is 1. The van der Waals surface area contributed by atoms with E-state index >= 15 is 0 Å². The number of rotatable bonds is 8. The quantitative estimate of drug-likeness (QED) is 0.279. The molecule has 3 aliphatic heterocycles. The van der Waals surface area contributed by atoms with Crippen LogP contribution in [0.4, 0.5) is 18.0 Å². The van der Waals surface area contributed by atoms with Crippen LogP contribution in [0.3, 0.4) is 0 Å². The highest BCUT2D eigenvalue weighted by molar-refractivity contribution is 5.88. The first-order valence-corrected chi connectivity index (χ1v) is 12.9. The number of piperidine rings is 1. The molecule has 14 heteroatoms. The number of fused-ring (bicyclic) bond motifs is 1. The summed E-state index contributed by atoms with van der Waals surface area (Å²) in [5.74, 6) is -1.35. The molecule has 3 saturated heterocycles. The molecule has 0 aromatic carbocycles. The minimum absolute atomic E-state index is 0.119. The fourth-order valence-electron chi connectivity index (χ4n) is 5.42. The number of nitrogens with zero attached hydrogens (tertiary/aromatic N) is 2. The molecule has 3 fully saturated rings. The zero-order valence-electron chi connectivity index (χ0n) is 21.8. The summed E-state index contributed by atoms with van der Waals surface area (Å²) in [7, 11) is 0. The van der Waals surface area contributed by atoms with Gasteiger partial charge in [-0.15, -0.1) is 0 Å². The van der Waals surface area contributed by atoms with Crippen LogP contribution in [0.15, 0.2) is 0 Å². The van der Waals surface area contributed by atoms with Crippen molar-refractivity contribution in [2.45, 2.75) is 83.1 Å². The van der Waals surface area contributed by atoms with E-state index < -0.39 is 54.4 Å². The number of amides is 4. The lowest BCUT2D eigenvalue weighted by molar-refractivity contribution is -0.140. The van der Waals surface area contributed by atoms with Gasteiger partial charge < -0.3 is 30.7 Å². The van der Waals surface area contributed by atoms with E-state index in [1.807, 2.05) is 0 Å². The second-order valence-corrected chi connectivity index (χ2v) is 11.2. The standard InChI is InChI=1S/C24H37F3N6O5/c1-23(2,3)18(32-22(37)30-12-24(25,26)27)21(36)33-11-16-15(6-8-38-16)17(33)20(35)31-14(10-28)9-13-5-4-7-29-19(13)34/h13-18,20,31,35H,4-9,11-12H2,1-3H3,(H,29,34)(H2,30,32,37)/t13-,14-,15-,16-,17-,18+,20?/m0/s1. The molecule has 3 aliphatic rings. The molecule has 7 atom stereocenters. The lowest BCUT2D eigenvalue weighted by atomic mass is 9.85. The summed E-state index contributed by atoms with van der Waals surface area (Å²) in [6.45, 7) is 4.58. The molecule has 1 unspecified atom stereocenters. The number of nitrogens with one attached hydrogen (secondary N) is 4. The fraction of sp³-hybridized carbons (Fsp3) is 0.833. The van der Waals surface area contributed by atoms with Gasteiger partial charge in [0.25, 0.3) is 0 Å². The molecule has 0 aromatic heterocycles. The molecule has 3 rings (SSSR count). The Kier molecular flexibility index (Phi) is 9.48. The lowest BCUT2D eigenvalue weighted by Crippen LogP contribution is -2.61. The Labute approximate surface area is 219 Å². The number of nitriles is 1. The molecule has 38 heavy (non-hydrogen) atoms. The Bertz CT molecular complexity index is 921. The van der Waals surface area contributed by atoms with E-state index in [2.05, 4.69) is 22.0 Å². The monoisotopic (exact) mass is 546 g/mol. The van der Waals surface area contributed by atoms with E-state index in [0.29, 0.717) is 26.0 Å². The predicted molar refractivity (Wildman–Crippen MR) is 128 cm³/mol. The number of halogens is 3. The van der Waals surface area contributed by atoms with E-state index in [0.717, 1.165) is 6.42 Å². The van der Waals surface area contributed by atoms with Crippen LogP contribution >= 0.6 is 0 Å². The van der Waals surface area contributed by atoms with Gasteiger partial charge in [-0.2, -0.15) is 18.4 Å². The summed E-state index contributed by atoms with van der Waals surface area (Å²) in [6.07, 6.45) is -4.16. The molecule has 3 heterocycles. The van der Waals surface area contributed by atoms with Crippen molar-refractivity contribution in [3.8, 4) is 6.07 Å². The highest BCUT2D eigenvalue weighted by Crippen LogP contribution is 2.37. The second-order valence-electron chi connectivity index (χ2n) is 11.2. The maximum atomic E-state index is 13.7. The van der Waals surface area contributed by atoms with Gasteiger partial charge in [0, 0.05) is 31.5 Å². The smallest absolute Gasteiger partial charge is 0.376 e. The molecular weight excluding hydrogens is 509 g/mol. The van der Waals surface area contributed by atoms with Crippen LogP contribution < -0.4 is 21.3 Å². The van der Waals surface area contributed by atoms with E-state index in [1.54, 1.807) is 26.1 Å². The summed E-state index contributed by atoms with van der Waals surface area (Å²) >= 11 is 0. The first-order chi connectivity index (χ1) is 17.7. The highest BCUT2D eigenvalue weighted by atomic mass is 19.4. The van der Waals surface area contributed by atoms with Crippen molar-refractivity contribution in [2.75, 3.05) is 26.2 Å². The third kappa shape index (κ3) is 7.48. The normalized spacial score (nSPS) is 28.1. The van der Waals surface area contributed by atoms with E-state index in [-0.39, 0.29) is 36.8 Å². The molecule has 0 bridgehead atoms. The Morgan fingerprint density at radius 3 is 2.61 bits per heavy atom. The van der Waals surface area contributed by atoms with Crippen LogP contribution in [0.25, 0.3) is 0 Å². The van der Waals surface area contributed by atoms with E-state index in [4.69, 9.17) is 4.74 Å². The summed E-state index contributed by atoms with van der Waals surface area (Å²) < 4.78 is 43.4. The van der Waals surface area contributed by atoms with Crippen LogP contribution in [0.5, 0.6) is 0 Å². The van der Waals surface area contributed by atoms with Crippen LogP contribution in [0.2, 0.25) is 0 Å². The molecular formula is C24H37F3N6O5. The Morgan fingerprint density at radius 1 is 1.29 bits per heavy atom. The fourth-order valence-corrected chi connectivity index (χ4v) is 5.42. The summed E-state index contributed by atoms with van der Waals surface area (Å²) in [5.41, 5.74) is -0.877. The van der Waals surface area contributed by atoms with Gasteiger partial charge >= 0.3 is 12.2 Å². The van der Waals surface area contributed by atoms with Gasteiger partial charge in [-0.1, -0.05) is 20.8 Å². The maximum Gasteiger partial charge on any atom is 0.405 e. The topological polar surface area (TPSA) is 156 Å². The van der Waals surface area contributed by atoms with Crippen molar-refractivity contribution in [1.29, 1.82) is 5.26 Å². The number of hydrogen-bond acceptors (Lipinski definition) is 7. The second kappa shape index (κ2) is 12.0. The molecule has 0 spiro atoms. The largest absolute Gasteiger partial charge is 0.405 e. The average molecular weight is 547 g/mol. The summed E-state index contributed by atoms with van der Waals surface area (Å²) in [5, 5.41) is 30.6. The van der Waals surface area contributed by atoms with Crippen LogP contribution in [-0.2, 0) is 14.3 Å². The zero-order chi connectivity index (χ0) is 28.3. The average Bonchev–Trinajstić information content (AvgIpc) is 3.42. The first-order valence-electron chi connectivity index (χ1n) is 12.9. The number of alkyl halides is 3. The summed E-state index contributed by atoms with van der Waals surface area (Å²) in [6, 6.07) is -1.93. The van der Waals surface area contributed by atoms with Gasteiger partial charge in [0.1, 0.15) is 18.8 Å². The third-order valence-electron chi connectivity index (χ3n) is 7.33. The number of urea groups is 1. The van der Waals surface area contributed by atoms with Crippen molar-refractivity contribution in [1.82, 2.24) is 26.2 Å². The van der Waals surface area contributed by atoms with Crippen molar-refractivity contribution in [3.63, 3.8) is 0 Å². The third-order valence-corrected chi connectivity index (χ3v) is 7.33.